The molecule has 1 aliphatic heterocycles. The predicted octanol–water partition coefficient (Wildman–Crippen LogP) is -0.570. The van der Waals surface area contributed by atoms with E-state index in [1.807, 2.05) is 6.92 Å². The molecule has 1 saturated heterocycles. The van der Waals surface area contributed by atoms with Crippen molar-refractivity contribution in [1.82, 2.24) is 15.5 Å². The fourth-order valence-electron chi connectivity index (χ4n) is 2.08. The summed E-state index contributed by atoms with van der Waals surface area (Å²) in [6, 6.07) is 0.153. The van der Waals surface area contributed by atoms with Crippen molar-refractivity contribution in [2.45, 2.75) is 32.0 Å². The maximum Gasteiger partial charge on any atom is 0.238 e. The maximum atomic E-state index is 11.8. The second-order valence-corrected chi connectivity index (χ2v) is 4.25. The van der Waals surface area contributed by atoms with Gasteiger partial charge in [0.05, 0.1) is 6.10 Å². The van der Waals surface area contributed by atoms with E-state index in [1.165, 1.54) is 0 Å². The third-order valence-electron chi connectivity index (χ3n) is 3.41. The van der Waals surface area contributed by atoms with E-state index < -0.39 is 0 Å². The minimum atomic E-state index is -0.0913. The highest BCUT2D eigenvalue weighted by atomic mass is 16.5. The van der Waals surface area contributed by atoms with Crippen LogP contribution in [0, 0.1) is 0 Å². The van der Waals surface area contributed by atoms with Gasteiger partial charge >= 0.3 is 0 Å². The van der Waals surface area contributed by atoms with Gasteiger partial charge in [-0.15, -0.1) is 0 Å². The number of nitrogens with one attached hydrogen (secondary N) is 2. The van der Waals surface area contributed by atoms with E-state index in [2.05, 4.69) is 22.5 Å². The standard InChI is InChI=1S/C11H23N3O2/c1-8(9(2)16-4)14-6-5-13-7-10(14)11(15)12-3/h8-10,13H,5-7H2,1-4H3,(H,12,15). The first-order valence-corrected chi connectivity index (χ1v) is 5.82. The summed E-state index contributed by atoms with van der Waals surface area (Å²) in [5.74, 6) is 0.0716. The first-order chi connectivity index (χ1) is 7.61. The summed E-state index contributed by atoms with van der Waals surface area (Å²) >= 11 is 0. The normalized spacial score (nSPS) is 26.1. The molecule has 2 N–H and O–H groups in total. The van der Waals surface area contributed by atoms with Crippen LogP contribution in [0.2, 0.25) is 0 Å². The molecule has 3 unspecified atom stereocenters. The molecule has 16 heavy (non-hydrogen) atoms. The lowest BCUT2D eigenvalue weighted by atomic mass is 10.1. The molecule has 1 heterocycles. The number of ether oxygens (including phenoxy) is 1. The minimum absolute atomic E-state index is 0.0716. The van der Waals surface area contributed by atoms with Gasteiger partial charge in [0.2, 0.25) is 5.91 Å². The van der Waals surface area contributed by atoms with Crippen LogP contribution in [-0.2, 0) is 9.53 Å². The second-order valence-electron chi connectivity index (χ2n) is 4.25. The van der Waals surface area contributed by atoms with Gasteiger partial charge in [0.15, 0.2) is 0 Å². The van der Waals surface area contributed by atoms with Crippen molar-refractivity contribution >= 4 is 5.91 Å². The van der Waals surface area contributed by atoms with Crippen molar-refractivity contribution in [1.29, 1.82) is 0 Å². The molecule has 1 fully saturated rings. The molecule has 5 nitrogen and oxygen atoms in total. The molecule has 0 spiro atoms. The van der Waals surface area contributed by atoms with Crippen LogP contribution in [0.15, 0.2) is 0 Å². The Morgan fingerprint density at radius 3 is 2.81 bits per heavy atom. The molecule has 94 valence electrons. The van der Waals surface area contributed by atoms with Crippen molar-refractivity contribution in [2.75, 3.05) is 33.8 Å². The molecule has 3 atom stereocenters. The van der Waals surface area contributed by atoms with Gasteiger partial charge in [0, 0.05) is 39.8 Å². The quantitative estimate of drug-likeness (QED) is 0.678. The number of hydrogen-bond acceptors (Lipinski definition) is 4. The van der Waals surface area contributed by atoms with Gasteiger partial charge in [-0.25, -0.2) is 0 Å². The summed E-state index contributed by atoms with van der Waals surface area (Å²) in [5, 5.41) is 5.96. The van der Waals surface area contributed by atoms with Crippen molar-refractivity contribution in [3.63, 3.8) is 0 Å². The Morgan fingerprint density at radius 2 is 2.25 bits per heavy atom. The Bertz CT molecular complexity index is 235. The van der Waals surface area contributed by atoms with E-state index in [0.717, 1.165) is 13.1 Å². The van der Waals surface area contributed by atoms with Crippen LogP contribution in [0.3, 0.4) is 0 Å². The van der Waals surface area contributed by atoms with Gasteiger partial charge in [0.1, 0.15) is 6.04 Å². The van der Waals surface area contributed by atoms with Crippen LogP contribution in [0.25, 0.3) is 0 Å². The number of methoxy groups -OCH3 is 1. The molecule has 1 aliphatic rings. The van der Waals surface area contributed by atoms with Crippen LogP contribution >= 0.6 is 0 Å². The highest BCUT2D eigenvalue weighted by Crippen LogP contribution is 2.13. The van der Waals surface area contributed by atoms with Crippen LogP contribution in [0.5, 0.6) is 0 Å². The molecule has 0 aromatic rings. The summed E-state index contributed by atoms with van der Waals surface area (Å²) < 4.78 is 5.33. The molecular weight excluding hydrogens is 206 g/mol. The van der Waals surface area contributed by atoms with Crippen molar-refractivity contribution in [3.05, 3.63) is 0 Å². The average Bonchev–Trinajstić information content (AvgIpc) is 2.35. The number of rotatable bonds is 4. The van der Waals surface area contributed by atoms with E-state index in [4.69, 9.17) is 4.74 Å². The lowest BCUT2D eigenvalue weighted by molar-refractivity contribution is -0.128. The minimum Gasteiger partial charge on any atom is -0.380 e. The summed E-state index contributed by atoms with van der Waals surface area (Å²) in [6.07, 6.45) is 0.130. The Hall–Kier alpha value is -0.650. The third-order valence-corrected chi connectivity index (χ3v) is 3.41. The topological polar surface area (TPSA) is 53.6 Å². The smallest absolute Gasteiger partial charge is 0.238 e. The molecule has 0 bridgehead atoms. The van der Waals surface area contributed by atoms with Crippen LogP contribution in [0.1, 0.15) is 13.8 Å². The Labute approximate surface area is 97.5 Å². The monoisotopic (exact) mass is 229 g/mol. The number of hydrogen-bond donors (Lipinski definition) is 2. The number of amides is 1. The van der Waals surface area contributed by atoms with Crippen LogP contribution in [0.4, 0.5) is 0 Å². The van der Waals surface area contributed by atoms with Gasteiger partial charge in [-0.2, -0.15) is 0 Å². The van der Waals surface area contributed by atoms with E-state index in [0.29, 0.717) is 6.54 Å². The Kier molecular flexibility index (Phi) is 5.18. The van der Waals surface area contributed by atoms with Crippen molar-refractivity contribution in [3.8, 4) is 0 Å². The molecular formula is C11H23N3O2. The van der Waals surface area contributed by atoms with Gasteiger partial charge < -0.3 is 15.4 Å². The Balaban J connectivity index is 2.69. The molecule has 0 aromatic carbocycles. The van der Waals surface area contributed by atoms with E-state index in [-0.39, 0.29) is 24.1 Å². The van der Waals surface area contributed by atoms with E-state index >= 15 is 0 Å². The number of piperazine rings is 1. The predicted molar refractivity (Wildman–Crippen MR) is 63.4 cm³/mol. The van der Waals surface area contributed by atoms with Gasteiger partial charge in [-0.3, -0.25) is 9.69 Å². The number of nitrogens with zero attached hydrogens (tertiary/aromatic N) is 1. The molecule has 0 aromatic heterocycles. The Morgan fingerprint density at radius 1 is 1.56 bits per heavy atom. The molecule has 0 saturated carbocycles. The molecule has 0 aliphatic carbocycles. The third kappa shape index (κ3) is 2.93. The van der Waals surface area contributed by atoms with E-state index in [9.17, 15) is 4.79 Å². The zero-order chi connectivity index (χ0) is 12.1. The molecule has 1 rings (SSSR count). The number of carbonyl (C=O) groups is 1. The van der Waals surface area contributed by atoms with Crippen molar-refractivity contribution in [2.24, 2.45) is 0 Å². The SMILES string of the molecule is CNC(=O)C1CNCCN1C(C)C(C)OC. The lowest BCUT2D eigenvalue weighted by Gasteiger charge is -2.40. The summed E-state index contributed by atoms with van der Waals surface area (Å²) in [6.45, 7) is 6.66. The number of likely N-dealkylation sites (N-methyl/N-ethyl adjacent to an activating group) is 1. The van der Waals surface area contributed by atoms with Gasteiger partial charge in [-0.1, -0.05) is 0 Å². The zero-order valence-electron chi connectivity index (χ0n) is 10.6. The fraction of sp³-hybridized carbons (Fsp3) is 0.909. The molecule has 5 heteroatoms. The van der Waals surface area contributed by atoms with Crippen molar-refractivity contribution < 1.29 is 9.53 Å². The summed E-state index contributed by atoms with van der Waals surface area (Å²) in [4.78, 5) is 14.0. The summed E-state index contributed by atoms with van der Waals surface area (Å²) in [7, 11) is 3.39. The van der Waals surface area contributed by atoms with Gasteiger partial charge in [0.25, 0.3) is 0 Å². The second kappa shape index (κ2) is 6.18. The first-order valence-electron chi connectivity index (χ1n) is 5.82. The average molecular weight is 229 g/mol. The number of carbonyl (C=O) groups excluding carboxylic acids is 1. The molecule has 0 radical (unpaired) electrons. The largest absolute Gasteiger partial charge is 0.380 e. The first kappa shape index (κ1) is 13.4. The molecule has 1 amide bonds. The maximum absolute atomic E-state index is 11.8. The van der Waals surface area contributed by atoms with Crippen LogP contribution in [-0.4, -0.2) is 62.8 Å². The van der Waals surface area contributed by atoms with Crippen LogP contribution < -0.4 is 10.6 Å². The zero-order valence-corrected chi connectivity index (χ0v) is 10.6. The summed E-state index contributed by atoms with van der Waals surface area (Å²) in [5.41, 5.74) is 0. The lowest BCUT2D eigenvalue weighted by Crippen LogP contribution is -2.61. The highest BCUT2D eigenvalue weighted by molar-refractivity contribution is 5.81. The highest BCUT2D eigenvalue weighted by Gasteiger charge is 2.33. The van der Waals surface area contributed by atoms with E-state index in [1.54, 1.807) is 14.2 Å². The fourth-order valence-corrected chi connectivity index (χ4v) is 2.08. The van der Waals surface area contributed by atoms with Gasteiger partial charge in [-0.05, 0) is 13.8 Å².